The van der Waals surface area contributed by atoms with E-state index in [1.54, 1.807) is 0 Å². The molecule has 0 heterocycles. The van der Waals surface area contributed by atoms with Gasteiger partial charge in [-0.25, -0.2) is 0 Å². The molecule has 2 unspecified atom stereocenters. The lowest BCUT2D eigenvalue weighted by Crippen LogP contribution is -2.45. The summed E-state index contributed by atoms with van der Waals surface area (Å²) in [6.07, 6.45) is 96.9. The molecule has 0 bridgehead atoms. The number of rotatable bonds is 70. The van der Waals surface area contributed by atoms with Crippen LogP contribution in [0.15, 0.2) is 24.3 Å². The Bertz CT molecular complexity index is 1170. The summed E-state index contributed by atoms with van der Waals surface area (Å²) in [5.41, 5.74) is 0. The van der Waals surface area contributed by atoms with Crippen LogP contribution in [-0.2, 0) is 4.79 Å². The fourth-order valence-electron chi connectivity index (χ4n) is 12.1. The van der Waals surface area contributed by atoms with Gasteiger partial charge in [0.05, 0.1) is 18.8 Å². The molecule has 0 aromatic carbocycles. The summed E-state index contributed by atoms with van der Waals surface area (Å²) < 4.78 is 0. The first-order valence-corrected chi connectivity index (χ1v) is 37.0. The molecule has 0 rings (SSSR count). The average molecular weight is 1110 g/mol. The van der Waals surface area contributed by atoms with Crippen LogP contribution in [0.1, 0.15) is 431 Å². The number of aliphatic hydroxyl groups excluding tert-OH is 2. The van der Waals surface area contributed by atoms with E-state index in [1.807, 2.05) is 0 Å². The largest absolute Gasteiger partial charge is 0.394 e. The molecule has 4 nitrogen and oxygen atoms in total. The third kappa shape index (κ3) is 67.5. The van der Waals surface area contributed by atoms with Gasteiger partial charge in [0, 0.05) is 6.42 Å². The molecular weight excluding hydrogens is 963 g/mol. The Balaban J connectivity index is 3.35. The van der Waals surface area contributed by atoms with Crippen molar-refractivity contribution in [1.29, 1.82) is 0 Å². The first-order valence-electron chi connectivity index (χ1n) is 37.0. The first kappa shape index (κ1) is 77.9. The van der Waals surface area contributed by atoms with E-state index in [2.05, 4.69) is 43.5 Å². The van der Waals surface area contributed by atoms with Gasteiger partial charge in [0.25, 0.3) is 0 Å². The number of carbonyl (C=O) groups excluding carboxylic acids is 1. The zero-order valence-corrected chi connectivity index (χ0v) is 54.4. The maximum atomic E-state index is 12.6. The Morgan fingerprint density at radius 3 is 0.759 bits per heavy atom. The van der Waals surface area contributed by atoms with E-state index in [1.165, 1.54) is 372 Å². The molecule has 0 aromatic rings. The summed E-state index contributed by atoms with van der Waals surface area (Å²) >= 11 is 0. The first-order chi connectivity index (χ1) is 39.2. The van der Waals surface area contributed by atoms with Crippen LogP contribution in [0.5, 0.6) is 0 Å². The molecule has 0 aliphatic heterocycles. The number of carbonyl (C=O) groups is 1. The second kappa shape index (κ2) is 71.1. The number of allylic oxidation sites excluding steroid dienone is 4. The smallest absolute Gasteiger partial charge is 0.220 e. The highest BCUT2D eigenvalue weighted by Gasteiger charge is 2.20. The zero-order chi connectivity index (χ0) is 56.9. The predicted molar refractivity (Wildman–Crippen MR) is 355 cm³/mol. The van der Waals surface area contributed by atoms with E-state index in [-0.39, 0.29) is 12.5 Å². The minimum absolute atomic E-state index is 0.0203. The van der Waals surface area contributed by atoms with Crippen LogP contribution >= 0.6 is 0 Å². The molecular formula is C75H147NO3. The summed E-state index contributed by atoms with van der Waals surface area (Å²) in [6.45, 7) is 4.40. The molecule has 79 heavy (non-hydrogen) atoms. The minimum Gasteiger partial charge on any atom is -0.394 e. The topological polar surface area (TPSA) is 69.6 Å². The van der Waals surface area contributed by atoms with Gasteiger partial charge in [0.1, 0.15) is 0 Å². The third-order valence-electron chi connectivity index (χ3n) is 17.7. The van der Waals surface area contributed by atoms with Gasteiger partial charge in [-0.1, -0.05) is 404 Å². The lowest BCUT2D eigenvalue weighted by Gasteiger charge is -2.22. The van der Waals surface area contributed by atoms with Gasteiger partial charge in [0.2, 0.25) is 5.91 Å². The van der Waals surface area contributed by atoms with Crippen LogP contribution in [0.4, 0.5) is 0 Å². The van der Waals surface area contributed by atoms with Gasteiger partial charge >= 0.3 is 0 Å². The molecule has 1 amide bonds. The molecule has 0 aliphatic carbocycles. The second-order valence-corrected chi connectivity index (χ2v) is 25.7. The van der Waals surface area contributed by atoms with E-state index >= 15 is 0 Å². The fraction of sp³-hybridized carbons (Fsp3) is 0.933. The van der Waals surface area contributed by atoms with Crippen molar-refractivity contribution < 1.29 is 15.0 Å². The standard InChI is InChI=1S/C75H147NO3/c1-3-5-7-9-11-13-15-17-19-21-23-25-27-29-31-33-34-35-36-37-38-39-40-41-42-43-45-47-49-51-53-55-57-59-61-63-65-67-69-71-75(79)76-73(72-77)74(78)70-68-66-64-62-60-58-56-54-52-50-48-46-44-32-30-28-26-24-22-20-18-16-14-12-10-8-6-4-2/h15,17,21,23,73-74,77-78H,3-14,16,18-20,22,24-72H2,1-2H3,(H,76,79)/b17-15-,23-21-. The SMILES string of the molecule is CCCCCCC/C=C\C/C=C\CCCCCCCCCCCCCCCCCCCCCCCCCCCCCC(=O)NC(CO)C(O)CCCCCCCCCCCCCCCCCCCCCCCCCCCCCC. The summed E-state index contributed by atoms with van der Waals surface area (Å²) in [5, 5.41) is 23.5. The number of unbranched alkanes of at least 4 members (excludes halogenated alkanes) is 59. The number of hydrogen-bond acceptors (Lipinski definition) is 3. The van der Waals surface area contributed by atoms with E-state index in [0.717, 1.165) is 32.1 Å². The Hall–Kier alpha value is -1.13. The van der Waals surface area contributed by atoms with E-state index in [0.29, 0.717) is 12.8 Å². The average Bonchev–Trinajstić information content (AvgIpc) is 3.45. The lowest BCUT2D eigenvalue weighted by atomic mass is 10.0. The van der Waals surface area contributed by atoms with Crippen molar-refractivity contribution in [2.45, 2.75) is 443 Å². The molecule has 0 fully saturated rings. The Morgan fingerprint density at radius 1 is 0.304 bits per heavy atom. The summed E-state index contributed by atoms with van der Waals surface area (Å²) in [6, 6.07) is -0.535. The maximum Gasteiger partial charge on any atom is 0.220 e. The fourth-order valence-corrected chi connectivity index (χ4v) is 12.1. The maximum absolute atomic E-state index is 12.6. The van der Waals surface area contributed by atoms with Gasteiger partial charge in [-0.05, 0) is 44.9 Å². The van der Waals surface area contributed by atoms with Crippen LogP contribution in [0.2, 0.25) is 0 Å². The van der Waals surface area contributed by atoms with Crippen molar-refractivity contribution in [3.63, 3.8) is 0 Å². The molecule has 0 aromatic heterocycles. The molecule has 0 spiro atoms. The highest BCUT2D eigenvalue weighted by molar-refractivity contribution is 5.76. The highest BCUT2D eigenvalue weighted by atomic mass is 16.3. The van der Waals surface area contributed by atoms with Crippen molar-refractivity contribution >= 4 is 5.91 Å². The summed E-state index contributed by atoms with van der Waals surface area (Å²) in [7, 11) is 0. The predicted octanol–water partition coefficient (Wildman–Crippen LogP) is 25.3. The van der Waals surface area contributed by atoms with Crippen molar-refractivity contribution in [2.24, 2.45) is 0 Å². The normalized spacial score (nSPS) is 12.7. The molecule has 0 radical (unpaired) electrons. The molecule has 4 heteroatoms. The van der Waals surface area contributed by atoms with Gasteiger partial charge in [-0.2, -0.15) is 0 Å². The van der Waals surface area contributed by atoms with Gasteiger partial charge < -0.3 is 15.5 Å². The van der Waals surface area contributed by atoms with Crippen molar-refractivity contribution in [3.8, 4) is 0 Å². The van der Waals surface area contributed by atoms with E-state index in [4.69, 9.17) is 0 Å². The molecule has 0 saturated heterocycles. The molecule has 0 saturated carbocycles. The highest BCUT2D eigenvalue weighted by Crippen LogP contribution is 2.20. The van der Waals surface area contributed by atoms with Crippen LogP contribution in [0.3, 0.4) is 0 Å². The second-order valence-electron chi connectivity index (χ2n) is 25.7. The summed E-state index contributed by atoms with van der Waals surface area (Å²) in [4.78, 5) is 12.6. The van der Waals surface area contributed by atoms with Gasteiger partial charge in [-0.15, -0.1) is 0 Å². The van der Waals surface area contributed by atoms with E-state index < -0.39 is 12.1 Å². The van der Waals surface area contributed by atoms with Gasteiger partial charge in [0.15, 0.2) is 0 Å². The minimum atomic E-state index is -0.658. The summed E-state index contributed by atoms with van der Waals surface area (Å²) in [5.74, 6) is -0.0203. The Labute approximate surface area is 498 Å². The molecule has 470 valence electrons. The number of hydrogen-bond donors (Lipinski definition) is 3. The zero-order valence-electron chi connectivity index (χ0n) is 54.4. The van der Waals surface area contributed by atoms with Crippen LogP contribution in [0, 0.1) is 0 Å². The van der Waals surface area contributed by atoms with Crippen LogP contribution < -0.4 is 5.32 Å². The molecule has 2 atom stereocenters. The molecule has 3 N–H and O–H groups in total. The molecule has 0 aliphatic rings. The Morgan fingerprint density at radius 2 is 0.519 bits per heavy atom. The lowest BCUT2D eigenvalue weighted by molar-refractivity contribution is -0.123. The van der Waals surface area contributed by atoms with Crippen molar-refractivity contribution in [2.75, 3.05) is 6.61 Å². The third-order valence-corrected chi connectivity index (χ3v) is 17.7. The van der Waals surface area contributed by atoms with Gasteiger partial charge in [-0.3, -0.25) is 4.79 Å². The van der Waals surface area contributed by atoms with Crippen molar-refractivity contribution in [3.05, 3.63) is 24.3 Å². The number of aliphatic hydroxyl groups is 2. The van der Waals surface area contributed by atoms with Crippen molar-refractivity contribution in [1.82, 2.24) is 5.32 Å². The van der Waals surface area contributed by atoms with Crippen LogP contribution in [0.25, 0.3) is 0 Å². The Kier molecular flexibility index (Phi) is 70.1. The number of nitrogens with one attached hydrogen (secondary N) is 1. The quantitative estimate of drug-likeness (QED) is 0.0420. The van der Waals surface area contributed by atoms with E-state index in [9.17, 15) is 15.0 Å². The number of amides is 1. The monoisotopic (exact) mass is 1110 g/mol. The van der Waals surface area contributed by atoms with Crippen LogP contribution in [-0.4, -0.2) is 34.9 Å².